The Kier molecular flexibility index (Phi) is 6.78. The summed E-state index contributed by atoms with van der Waals surface area (Å²) >= 11 is 0. The molecule has 0 amide bonds. The van der Waals surface area contributed by atoms with Gasteiger partial charge in [0.05, 0.1) is 0 Å². The maximum absolute atomic E-state index is 10.9. The fourth-order valence-electron chi connectivity index (χ4n) is 3.75. The van der Waals surface area contributed by atoms with Gasteiger partial charge in [-0.25, -0.2) is 4.79 Å². The van der Waals surface area contributed by atoms with Crippen LogP contribution in [0.3, 0.4) is 0 Å². The van der Waals surface area contributed by atoms with Gasteiger partial charge in [0, 0.05) is 0 Å². The highest BCUT2D eigenvalue weighted by atomic mass is 16.6. The fourth-order valence-corrected chi connectivity index (χ4v) is 3.75. The Labute approximate surface area is 158 Å². The number of carbonyl (C=O) groups is 1. The zero-order valence-corrected chi connectivity index (χ0v) is 17.4. The minimum absolute atomic E-state index is 0.0366. The summed E-state index contributed by atoms with van der Waals surface area (Å²) in [5, 5.41) is 24.8. The molecular formula is C22H36O4. The van der Waals surface area contributed by atoms with E-state index in [0.29, 0.717) is 5.75 Å². The number of carboxylic acid groups (broad SMARTS) is 2. The molecule has 0 saturated heterocycles. The van der Waals surface area contributed by atoms with E-state index in [4.69, 9.17) is 15.0 Å². The number of rotatable bonds is 1. The van der Waals surface area contributed by atoms with Crippen molar-refractivity contribution in [1.82, 2.24) is 0 Å². The van der Waals surface area contributed by atoms with Crippen molar-refractivity contribution in [3.05, 3.63) is 28.8 Å². The smallest absolute Gasteiger partial charge is 0.503 e. The second-order valence-electron chi connectivity index (χ2n) is 9.82. The average Bonchev–Trinajstić information content (AvgIpc) is 2.45. The highest BCUT2D eigenvalue weighted by Gasteiger charge is 2.33. The van der Waals surface area contributed by atoms with Gasteiger partial charge >= 0.3 is 6.16 Å². The average molecular weight is 365 g/mol. The number of hydrogen-bond donors (Lipinski definition) is 3. The van der Waals surface area contributed by atoms with E-state index in [1.165, 1.54) is 37.7 Å². The summed E-state index contributed by atoms with van der Waals surface area (Å²) < 4.78 is 0. The third kappa shape index (κ3) is 5.65. The number of phenolic OH excluding ortho intramolecular Hbond substituents is 1. The second kappa shape index (κ2) is 7.89. The minimum atomic E-state index is -1.83. The van der Waals surface area contributed by atoms with Crippen LogP contribution in [0.2, 0.25) is 0 Å². The summed E-state index contributed by atoms with van der Waals surface area (Å²) in [6, 6.07) is 4.58. The van der Waals surface area contributed by atoms with E-state index < -0.39 is 6.16 Å². The van der Waals surface area contributed by atoms with Crippen LogP contribution in [0.5, 0.6) is 5.75 Å². The van der Waals surface area contributed by atoms with Gasteiger partial charge in [-0.2, -0.15) is 0 Å². The zero-order chi connectivity index (χ0) is 20.3. The van der Waals surface area contributed by atoms with Crippen molar-refractivity contribution in [2.75, 3.05) is 0 Å². The molecule has 0 bridgehead atoms. The highest BCUT2D eigenvalue weighted by molar-refractivity contribution is 5.53. The molecule has 1 aliphatic rings. The van der Waals surface area contributed by atoms with Gasteiger partial charge in [-0.1, -0.05) is 79.9 Å². The predicted molar refractivity (Wildman–Crippen MR) is 107 cm³/mol. The molecule has 0 heterocycles. The summed E-state index contributed by atoms with van der Waals surface area (Å²) in [5.74, 6) is 0.503. The lowest BCUT2D eigenvalue weighted by Gasteiger charge is -2.37. The first-order valence-corrected chi connectivity index (χ1v) is 9.49. The van der Waals surface area contributed by atoms with Gasteiger partial charge in [0.2, 0.25) is 0 Å². The quantitative estimate of drug-likeness (QED) is 0.536. The summed E-state index contributed by atoms with van der Waals surface area (Å²) in [6.45, 7) is 15.6. The van der Waals surface area contributed by atoms with Crippen LogP contribution in [0, 0.1) is 0 Å². The van der Waals surface area contributed by atoms with Gasteiger partial charge in [0.15, 0.2) is 0 Å². The lowest BCUT2D eigenvalue weighted by atomic mass is 9.68. The normalized spacial score (nSPS) is 17.2. The van der Waals surface area contributed by atoms with E-state index in [-0.39, 0.29) is 16.2 Å². The molecule has 4 nitrogen and oxygen atoms in total. The van der Waals surface area contributed by atoms with Gasteiger partial charge in [-0.15, -0.1) is 0 Å². The van der Waals surface area contributed by atoms with Crippen LogP contribution < -0.4 is 0 Å². The van der Waals surface area contributed by atoms with Crippen molar-refractivity contribution in [1.29, 1.82) is 0 Å². The predicted octanol–water partition coefficient (Wildman–Crippen LogP) is 6.43. The molecule has 4 heteroatoms. The SMILES string of the molecule is CC(C)(C)c1cc(C2(C)CCCCC2)cc(C(C)(C)C)c1O.O=C(O)O. The maximum atomic E-state index is 10.9. The summed E-state index contributed by atoms with van der Waals surface area (Å²) in [5.41, 5.74) is 3.82. The van der Waals surface area contributed by atoms with Crippen LogP contribution >= 0.6 is 0 Å². The van der Waals surface area contributed by atoms with Crippen LogP contribution in [0.15, 0.2) is 12.1 Å². The topological polar surface area (TPSA) is 77.8 Å². The summed E-state index contributed by atoms with van der Waals surface area (Å²) in [7, 11) is 0. The first-order valence-electron chi connectivity index (χ1n) is 9.49. The molecule has 0 aliphatic heterocycles. The molecule has 0 unspecified atom stereocenters. The van der Waals surface area contributed by atoms with Crippen LogP contribution in [0.25, 0.3) is 0 Å². The minimum Gasteiger partial charge on any atom is -0.507 e. The van der Waals surface area contributed by atoms with E-state index >= 15 is 0 Å². The molecule has 2 rings (SSSR count). The first-order chi connectivity index (χ1) is 11.7. The first kappa shape index (κ1) is 22.3. The van der Waals surface area contributed by atoms with Crippen LogP contribution in [-0.4, -0.2) is 21.5 Å². The van der Waals surface area contributed by atoms with E-state index in [0.717, 1.165) is 11.1 Å². The molecule has 1 fully saturated rings. The molecule has 0 radical (unpaired) electrons. The number of hydrogen-bond acceptors (Lipinski definition) is 2. The highest BCUT2D eigenvalue weighted by Crippen LogP contribution is 2.45. The van der Waals surface area contributed by atoms with E-state index in [9.17, 15) is 5.11 Å². The lowest BCUT2D eigenvalue weighted by Crippen LogP contribution is -2.27. The molecule has 1 aromatic carbocycles. The third-order valence-corrected chi connectivity index (χ3v) is 5.38. The van der Waals surface area contributed by atoms with Crippen LogP contribution in [-0.2, 0) is 16.2 Å². The molecule has 1 saturated carbocycles. The van der Waals surface area contributed by atoms with E-state index in [1.807, 2.05) is 0 Å². The van der Waals surface area contributed by atoms with Gasteiger partial charge in [-0.05, 0) is 45.8 Å². The molecule has 0 atom stereocenters. The van der Waals surface area contributed by atoms with Crippen molar-refractivity contribution in [2.24, 2.45) is 0 Å². The van der Waals surface area contributed by atoms with Crippen molar-refractivity contribution in [2.45, 2.75) is 96.8 Å². The standard InChI is InChI=1S/C21H34O.CH2O3/c1-19(2,3)16-13-15(21(7)11-9-8-10-12-21)14-17(18(16)22)20(4,5)6;2-1(3)4/h13-14,22H,8-12H2,1-7H3;(H2,2,3,4). The molecule has 0 aromatic heterocycles. The molecule has 0 spiro atoms. The molecular weight excluding hydrogens is 328 g/mol. The van der Waals surface area contributed by atoms with Crippen molar-refractivity contribution in [3.8, 4) is 5.75 Å². The Morgan fingerprint density at radius 3 is 1.54 bits per heavy atom. The zero-order valence-electron chi connectivity index (χ0n) is 17.4. The van der Waals surface area contributed by atoms with Gasteiger partial charge in [-0.3, -0.25) is 0 Å². The van der Waals surface area contributed by atoms with Gasteiger partial charge < -0.3 is 15.3 Å². The Hall–Kier alpha value is -1.71. The van der Waals surface area contributed by atoms with Gasteiger partial charge in [0.1, 0.15) is 5.75 Å². The Bertz CT molecular complexity index is 588. The van der Waals surface area contributed by atoms with E-state index in [1.54, 1.807) is 0 Å². The number of phenols is 1. The number of benzene rings is 1. The van der Waals surface area contributed by atoms with Crippen molar-refractivity contribution < 1.29 is 20.1 Å². The fraction of sp³-hybridized carbons (Fsp3) is 0.682. The van der Waals surface area contributed by atoms with Crippen molar-refractivity contribution >= 4 is 6.16 Å². The van der Waals surface area contributed by atoms with Crippen LogP contribution in [0.1, 0.15) is 97.3 Å². The van der Waals surface area contributed by atoms with E-state index in [2.05, 4.69) is 60.6 Å². The maximum Gasteiger partial charge on any atom is 0.503 e. The number of aromatic hydroxyl groups is 1. The van der Waals surface area contributed by atoms with Gasteiger partial charge in [0.25, 0.3) is 0 Å². The summed E-state index contributed by atoms with van der Waals surface area (Å²) in [6.07, 6.45) is 4.72. The lowest BCUT2D eigenvalue weighted by molar-refractivity contribution is 0.137. The Morgan fingerprint density at radius 2 is 1.23 bits per heavy atom. The second-order valence-corrected chi connectivity index (χ2v) is 9.82. The largest absolute Gasteiger partial charge is 0.507 e. The summed E-state index contributed by atoms with van der Waals surface area (Å²) in [4.78, 5) is 8.56. The molecule has 26 heavy (non-hydrogen) atoms. The molecule has 148 valence electrons. The van der Waals surface area contributed by atoms with Crippen molar-refractivity contribution in [3.63, 3.8) is 0 Å². The van der Waals surface area contributed by atoms with Crippen LogP contribution in [0.4, 0.5) is 4.79 Å². The monoisotopic (exact) mass is 364 g/mol. The Morgan fingerprint density at radius 1 is 0.885 bits per heavy atom. The molecule has 1 aliphatic carbocycles. The third-order valence-electron chi connectivity index (χ3n) is 5.38. The Balaban J connectivity index is 0.000000765. The molecule has 1 aromatic rings. The molecule has 3 N–H and O–H groups in total.